The van der Waals surface area contributed by atoms with Gasteiger partial charge in [0.15, 0.2) is 6.61 Å². The molecule has 3 rings (SSSR count). The van der Waals surface area contributed by atoms with Gasteiger partial charge in [0, 0.05) is 26.8 Å². The molecule has 0 spiro atoms. The molecule has 1 N–H and O–H groups in total. The predicted octanol–water partition coefficient (Wildman–Crippen LogP) is 2.36. The quantitative estimate of drug-likeness (QED) is 0.632. The maximum atomic E-state index is 13.1. The third-order valence-corrected chi connectivity index (χ3v) is 6.52. The van der Waals surface area contributed by atoms with Crippen molar-refractivity contribution in [3.63, 3.8) is 0 Å². The Kier molecular flexibility index (Phi) is 7.11. The molecular weight excluding hydrogens is 392 g/mol. The summed E-state index contributed by atoms with van der Waals surface area (Å²) in [5.74, 6) is 0.206. The van der Waals surface area contributed by atoms with Gasteiger partial charge in [0.1, 0.15) is 5.75 Å². The van der Waals surface area contributed by atoms with Crippen molar-refractivity contribution in [2.24, 2.45) is 0 Å². The van der Waals surface area contributed by atoms with Crippen LogP contribution in [0.25, 0.3) is 0 Å². The monoisotopic (exact) mass is 418 g/mol. The smallest absolute Gasteiger partial charge is 0.264 e. The first-order valence-electron chi connectivity index (χ1n) is 9.61. The Hall–Kier alpha value is -2.58. The molecule has 1 amide bonds. The first-order chi connectivity index (χ1) is 14.0. The van der Waals surface area contributed by atoms with Gasteiger partial charge in [0.05, 0.1) is 10.6 Å². The molecule has 7 nitrogen and oxygen atoms in total. The molecule has 29 heavy (non-hydrogen) atoms. The summed E-state index contributed by atoms with van der Waals surface area (Å²) in [6, 6.07) is 13.8. The van der Waals surface area contributed by atoms with E-state index in [0.717, 1.165) is 30.5 Å². The molecule has 0 saturated heterocycles. The zero-order chi connectivity index (χ0) is 20.7. The second-order valence-corrected chi connectivity index (χ2v) is 8.63. The van der Waals surface area contributed by atoms with Crippen LogP contribution in [0, 0.1) is 0 Å². The highest BCUT2D eigenvalue weighted by Gasteiger charge is 2.28. The minimum Gasteiger partial charge on any atom is -0.484 e. The van der Waals surface area contributed by atoms with E-state index in [1.54, 1.807) is 19.2 Å². The van der Waals surface area contributed by atoms with Gasteiger partial charge < -0.3 is 14.8 Å². The number of para-hydroxylation sites is 1. The van der Waals surface area contributed by atoms with Crippen molar-refractivity contribution in [1.82, 2.24) is 5.32 Å². The molecule has 8 heteroatoms. The predicted molar refractivity (Wildman–Crippen MR) is 111 cm³/mol. The number of hydrogen-bond donors (Lipinski definition) is 1. The maximum absolute atomic E-state index is 13.1. The Bertz CT molecular complexity index is 928. The molecule has 0 aliphatic carbocycles. The Balaban J connectivity index is 1.62. The first kappa shape index (κ1) is 21.1. The summed E-state index contributed by atoms with van der Waals surface area (Å²) in [5, 5.41) is 2.73. The Morgan fingerprint density at radius 2 is 1.90 bits per heavy atom. The van der Waals surface area contributed by atoms with Gasteiger partial charge in [-0.15, -0.1) is 0 Å². The second kappa shape index (κ2) is 9.76. The number of nitrogens with zero attached hydrogens (tertiary/aromatic N) is 1. The number of anilines is 1. The summed E-state index contributed by atoms with van der Waals surface area (Å²) in [5.41, 5.74) is 1.78. The van der Waals surface area contributed by atoms with E-state index in [4.69, 9.17) is 9.47 Å². The zero-order valence-corrected chi connectivity index (χ0v) is 17.3. The topological polar surface area (TPSA) is 84.9 Å². The molecule has 1 aliphatic heterocycles. The number of rotatable bonds is 9. The summed E-state index contributed by atoms with van der Waals surface area (Å²) < 4.78 is 38.0. The lowest BCUT2D eigenvalue weighted by Crippen LogP contribution is -2.35. The van der Waals surface area contributed by atoms with Gasteiger partial charge >= 0.3 is 0 Å². The van der Waals surface area contributed by atoms with E-state index in [0.29, 0.717) is 25.4 Å². The van der Waals surface area contributed by atoms with Crippen LogP contribution in [0.1, 0.15) is 18.4 Å². The number of benzene rings is 2. The lowest BCUT2D eigenvalue weighted by Gasteiger charge is -2.30. The lowest BCUT2D eigenvalue weighted by molar-refractivity contribution is -0.123. The summed E-state index contributed by atoms with van der Waals surface area (Å²) in [6.45, 7) is 1.43. The van der Waals surface area contributed by atoms with Crippen LogP contribution < -0.4 is 14.4 Å². The third-order valence-electron chi connectivity index (χ3n) is 4.70. The van der Waals surface area contributed by atoms with Crippen molar-refractivity contribution in [3.8, 4) is 5.75 Å². The van der Waals surface area contributed by atoms with Crippen LogP contribution in [0.3, 0.4) is 0 Å². The van der Waals surface area contributed by atoms with Gasteiger partial charge in [0.2, 0.25) is 0 Å². The van der Waals surface area contributed by atoms with Gasteiger partial charge in [-0.05, 0) is 55.2 Å². The average molecular weight is 419 g/mol. The third kappa shape index (κ3) is 5.27. The molecule has 0 saturated carbocycles. The van der Waals surface area contributed by atoms with Gasteiger partial charge in [-0.1, -0.05) is 18.2 Å². The largest absolute Gasteiger partial charge is 0.484 e. The van der Waals surface area contributed by atoms with E-state index in [2.05, 4.69) is 5.32 Å². The molecule has 0 atom stereocenters. The normalized spacial score (nSPS) is 13.6. The fourth-order valence-electron chi connectivity index (χ4n) is 3.23. The van der Waals surface area contributed by atoms with Crippen LogP contribution >= 0.6 is 0 Å². The highest BCUT2D eigenvalue weighted by atomic mass is 32.2. The van der Waals surface area contributed by atoms with Crippen LogP contribution in [-0.2, 0) is 26.0 Å². The number of carbonyl (C=O) groups is 1. The minimum absolute atomic E-state index is 0.126. The molecular formula is C21H26N2O5S. The van der Waals surface area contributed by atoms with Crippen molar-refractivity contribution in [1.29, 1.82) is 0 Å². The Morgan fingerprint density at radius 1 is 1.14 bits per heavy atom. The molecule has 156 valence electrons. The van der Waals surface area contributed by atoms with Crippen molar-refractivity contribution in [2.75, 3.05) is 37.7 Å². The highest BCUT2D eigenvalue weighted by Crippen LogP contribution is 2.32. The van der Waals surface area contributed by atoms with Crippen molar-refractivity contribution < 1.29 is 22.7 Å². The number of hydrogen-bond acceptors (Lipinski definition) is 5. The number of carbonyl (C=O) groups excluding carboxylic acids is 1. The lowest BCUT2D eigenvalue weighted by atomic mass is 10.0. The van der Waals surface area contributed by atoms with Crippen LogP contribution in [0.5, 0.6) is 5.75 Å². The van der Waals surface area contributed by atoms with Gasteiger partial charge in [-0.3, -0.25) is 9.10 Å². The van der Waals surface area contributed by atoms with E-state index in [-0.39, 0.29) is 17.4 Å². The molecule has 1 aliphatic rings. The van der Waals surface area contributed by atoms with Crippen molar-refractivity contribution >= 4 is 21.6 Å². The van der Waals surface area contributed by atoms with Gasteiger partial charge in [-0.25, -0.2) is 8.42 Å². The summed E-state index contributed by atoms with van der Waals surface area (Å²) in [7, 11) is -2.04. The zero-order valence-electron chi connectivity index (χ0n) is 16.5. The van der Waals surface area contributed by atoms with Crippen LogP contribution in [0.2, 0.25) is 0 Å². The van der Waals surface area contributed by atoms with Crippen LogP contribution in [0.4, 0.5) is 5.69 Å². The Labute approximate surface area is 171 Å². The van der Waals surface area contributed by atoms with Crippen molar-refractivity contribution in [3.05, 3.63) is 54.1 Å². The fourth-order valence-corrected chi connectivity index (χ4v) is 4.77. The maximum Gasteiger partial charge on any atom is 0.264 e. The van der Waals surface area contributed by atoms with Crippen molar-refractivity contribution in [2.45, 2.75) is 24.2 Å². The first-order valence-corrected chi connectivity index (χ1v) is 11.1. The van der Waals surface area contributed by atoms with Gasteiger partial charge in [-0.2, -0.15) is 0 Å². The number of methoxy groups -OCH3 is 1. The number of ether oxygens (including phenoxy) is 2. The number of fused-ring (bicyclic) bond motifs is 1. The van der Waals surface area contributed by atoms with E-state index in [1.165, 1.54) is 16.4 Å². The minimum atomic E-state index is -3.65. The molecule has 2 aromatic carbocycles. The summed E-state index contributed by atoms with van der Waals surface area (Å²) >= 11 is 0. The van der Waals surface area contributed by atoms with E-state index in [9.17, 15) is 13.2 Å². The number of nitrogens with one attached hydrogen (secondary N) is 1. The highest BCUT2D eigenvalue weighted by molar-refractivity contribution is 7.92. The molecule has 0 bridgehead atoms. The number of sulfonamides is 1. The van der Waals surface area contributed by atoms with E-state index >= 15 is 0 Å². The molecule has 0 aromatic heterocycles. The summed E-state index contributed by atoms with van der Waals surface area (Å²) in [6.07, 6.45) is 2.40. The van der Waals surface area contributed by atoms with Crippen LogP contribution in [0.15, 0.2) is 53.4 Å². The van der Waals surface area contributed by atoms with E-state index < -0.39 is 10.0 Å². The number of aryl methyl sites for hydroxylation is 1. The molecule has 0 fully saturated rings. The second-order valence-electron chi connectivity index (χ2n) is 6.77. The van der Waals surface area contributed by atoms with E-state index in [1.807, 2.05) is 24.3 Å². The number of amides is 1. The molecule has 0 radical (unpaired) electrons. The molecule has 1 heterocycles. The standard InChI is InChI=1S/C21H26N2O5S/c1-27-15-5-13-22-21(24)16-28-18-9-11-19(12-10-18)29(25,26)23-14-4-7-17-6-2-3-8-20(17)23/h2-3,6,8-12H,4-5,7,13-16H2,1H3,(H,22,24). The van der Waals surface area contributed by atoms with Crippen LogP contribution in [-0.4, -0.2) is 47.7 Å². The molecule has 2 aromatic rings. The fraction of sp³-hybridized carbons (Fsp3) is 0.381. The Morgan fingerprint density at radius 3 is 2.66 bits per heavy atom. The average Bonchev–Trinajstić information content (AvgIpc) is 2.75. The summed E-state index contributed by atoms with van der Waals surface area (Å²) in [4.78, 5) is 11.9. The SMILES string of the molecule is COCCCNC(=O)COc1ccc(S(=O)(=O)N2CCCc3ccccc32)cc1. The molecule has 0 unspecified atom stereocenters. The van der Waals surface area contributed by atoms with Gasteiger partial charge in [0.25, 0.3) is 15.9 Å².